The summed E-state index contributed by atoms with van der Waals surface area (Å²) in [6, 6.07) is 2.42. The van der Waals surface area contributed by atoms with Crippen LogP contribution in [0, 0.1) is 0 Å². The van der Waals surface area contributed by atoms with Crippen LogP contribution in [0.1, 0.15) is 65.1 Å². The molecule has 0 N–H and O–H groups in total. The van der Waals surface area contributed by atoms with Gasteiger partial charge in [0.25, 0.3) is 0 Å². The topological polar surface area (TPSA) is 38.1 Å². The maximum absolute atomic E-state index is 12.8. The summed E-state index contributed by atoms with van der Waals surface area (Å²) in [5, 5.41) is 4.61. The molecule has 0 aliphatic heterocycles. The van der Waals surface area contributed by atoms with Gasteiger partial charge in [0, 0.05) is 6.20 Å². The molecule has 1 heterocycles. The van der Waals surface area contributed by atoms with Crippen LogP contribution in [0.5, 0.6) is 0 Å². The first-order chi connectivity index (χ1) is 9.94. The van der Waals surface area contributed by atoms with Gasteiger partial charge in [-0.2, -0.15) is 5.10 Å². The first kappa shape index (κ1) is 17.9. The Bertz CT molecular complexity index is 443. The molecule has 0 amide bonds. The number of rotatable bonds is 9. The molecule has 0 spiro atoms. The van der Waals surface area contributed by atoms with Crippen molar-refractivity contribution in [1.82, 2.24) is 14.7 Å². The average Bonchev–Trinajstić information content (AvgIpc) is 2.90. The maximum Gasteiger partial charge on any atom is 0.159 e. The van der Waals surface area contributed by atoms with Gasteiger partial charge in [0.2, 0.25) is 0 Å². The molecule has 0 saturated carbocycles. The number of aromatic nitrogens is 2. The summed E-state index contributed by atoms with van der Waals surface area (Å²) in [7, 11) is 3.99. The van der Waals surface area contributed by atoms with Crippen LogP contribution in [0.3, 0.4) is 0 Å². The number of hydrogen-bond donors (Lipinski definition) is 0. The summed E-state index contributed by atoms with van der Waals surface area (Å²) in [6.07, 6.45) is 6.24. The zero-order valence-electron chi connectivity index (χ0n) is 14.5. The van der Waals surface area contributed by atoms with Crippen molar-refractivity contribution >= 4 is 5.78 Å². The van der Waals surface area contributed by atoms with Crippen LogP contribution in [0.4, 0.5) is 0 Å². The van der Waals surface area contributed by atoms with Crippen molar-refractivity contribution in [3.63, 3.8) is 0 Å². The lowest BCUT2D eigenvalue weighted by Gasteiger charge is -2.36. The Labute approximate surface area is 129 Å². The van der Waals surface area contributed by atoms with Crippen molar-refractivity contribution in [2.24, 2.45) is 0 Å². The molecule has 1 aromatic rings. The highest BCUT2D eigenvalue weighted by Gasteiger charge is 2.36. The Balaban J connectivity index is 2.88. The van der Waals surface area contributed by atoms with Gasteiger partial charge in [-0.25, -0.2) is 0 Å². The third-order valence-corrected chi connectivity index (χ3v) is 4.87. The minimum atomic E-state index is -0.362. The van der Waals surface area contributed by atoms with Gasteiger partial charge in [-0.15, -0.1) is 0 Å². The molecular weight excluding hydrogens is 262 g/mol. The van der Waals surface area contributed by atoms with E-state index in [9.17, 15) is 4.79 Å². The van der Waals surface area contributed by atoms with Gasteiger partial charge in [0.15, 0.2) is 5.78 Å². The number of carbonyl (C=O) groups is 1. The Morgan fingerprint density at radius 3 is 2.24 bits per heavy atom. The number of ketones is 1. The van der Waals surface area contributed by atoms with Gasteiger partial charge in [0.05, 0.1) is 23.7 Å². The van der Waals surface area contributed by atoms with Crippen LogP contribution in [-0.2, 0) is 11.2 Å². The summed E-state index contributed by atoms with van der Waals surface area (Å²) in [5.74, 6) is 0.271. The Morgan fingerprint density at radius 2 is 1.81 bits per heavy atom. The predicted octanol–water partition coefficient (Wildman–Crippen LogP) is 3.48. The monoisotopic (exact) mass is 293 g/mol. The normalized spacial score (nSPS) is 12.4. The van der Waals surface area contributed by atoms with Gasteiger partial charge in [-0.1, -0.05) is 27.7 Å². The van der Waals surface area contributed by atoms with Gasteiger partial charge < -0.3 is 0 Å². The van der Waals surface area contributed by atoms with Crippen LogP contribution in [0.15, 0.2) is 12.3 Å². The molecule has 21 heavy (non-hydrogen) atoms. The zero-order chi connectivity index (χ0) is 16.0. The molecule has 0 aromatic carbocycles. The number of hydrogen-bond acceptors (Lipinski definition) is 3. The molecule has 1 rings (SSSR count). The van der Waals surface area contributed by atoms with Crippen molar-refractivity contribution in [2.75, 3.05) is 14.1 Å². The van der Waals surface area contributed by atoms with E-state index in [-0.39, 0.29) is 11.3 Å². The smallest absolute Gasteiger partial charge is 0.159 e. The van der Waals surface area contributed by atoms with E-state index < -0.39 is 0 Å². The van der Waals surface area contributed by atoms with E-state index in [1.54, 1.807) is 0 Å². The van der Waals surface area contributed by atoms with E-state index in [1.807, 2.05) is 31.0 Å². The van der Waals surface area contributed by atoms with Crippen molar-refractivity contribution < 1.29 is 4.79 Å². The van der Waals surface area contributed by atoms with E-state index in [1.165, 1.54) is 0 Å². The van der Waals surface area contributed by atoms with Crippen molar-refractivity contribution in [2.45, 2.75) is 71.4 Å². The number of Topliss-reactive ketones (excluding diaryl/α,β-unsaturated/α-hetero) is 1. The fourth-order valence-electron chi connectivity index (χ4n) is 3.19. The standard InChI is InChI=1S/C17H31N3O/c1-7-15(8-2)20-12-11-14(18-20)13-16(21)17(9-3,10-4)19(5)6/h11-12,15H,7-10,13H2,1-6H3. The highest BCUT2D eigenvalue weighted by Crippen LogP contribution is 2.24. The second-order valence-electron chi connectivity index (χ2n) is 5.99. The second kappa shape index (κ2) is 7.74. The van der Waals surface area contributed by atoms with Crippen LogP contribution >= 0.6 is 0 Å². The Kier molecular flexibility index (Phi) is 6.59. The average molecular weight is 293 g/mol. The summed E-state index contributed by atoms with van der Waals surface area (Å²) in [4.78, 5) is 14.8. The molecule has 120 valence electrons. The summed E-state index contributed by atoms with van der Waals surface area (Å²) in [5.41, 5.74) is 0.527. The highest BCUT2D eigenvalue weighted by atomic mass is 16.1. The van der Waals surface area contributed by atoms with Crippen molar-refractivity contribution in [3.8, 4) is 0 Å². The SMILES string of the molecule is CCC(CC)n1ccc(CC(=O)C(CC)(CC)N(C)C)n1. The third kappa shape index (κ3) is 3.73. The lowest BCUT2D eigenvalue weighted by atomic mass is 9.84. The first-order valence-corrected chi connectivity index (χ1v) is 8.19. The van der Waals surface area contributed by atoms with E-state index >= 15 is 0 Å². The molecule has 4 heteroatoms. The largest absolute Gasteiger partial charge is 0.297 e. The lowest BCUT2D eigenvalue weighted by molar-refractivity contribution is -0.129. The van der Waals surface area contributed by atoms with Crippen LogP contribution < -0.4 is 0 Å². The van der Waals surface area contributed by atoms with E-state index in [4.69, 9.17) is 0 Å². The number of carbonyl (C=O) groups excluding carboxylic acids is 1. The fourth-order valence-corrected chi connectivity index (χ4v) is 3.19. The number of nitrogens with zero attached hydrogens (tertiary/aromatic N) is 3. The Hall–Kier alpha value is -1.16. The molecule has 4 nitrogen and oxygen atoms in total. The van der Waals surface area contributed by atoms with Crippen LogP contribution in [-0.4, -0.2) is 40.1 Å². The molecule has 0 aliphatic carbocycles. The first-order valence-electron chi connectivity index (χ1n) is 8.19. The fraction of sp³-hybridized carbons (Fsp3) is 0.765. The van der Waals surface area contributed by atoms with Gasteiger partial charge in [-0.05, 0) is 45.8 Å². The minimum absolute atomic E-state index is 0.271. The lowest BCUT2D eigenvalue weighted by Crippen LogP contribution is -2.51. The molecule has 0 radical (unpaired) electrons. The van der Waals surface area contributed by atoms with Crippen molar-refractivity contribution in [1.29, 1.82) is 0 Å². The molecule has 0 atom stereocenters. The van der Waals surface area contributed by atoms with Gasteiger partial charge in [-0.3, -0.25) is 14.4 Å². The van der Waals surface area contributed by atoms with E-state index in [2.05, 4.69) is 37.7 Å². The highest BCUT2D eigenvalue weighted by molar-refractivity contribution is 5.89. The summed E-state index contributed by atoms with van der Waals surface area (Å²) >= 11 is 0. The summed E-state index contributed by atoms with van der Waals surface area (Å²) in [6.45, 7) is 8.52. The van der Waals surface area contributed by atoms with Crippen LogP contribution in [0.25, 0.3) is 0 Å². The van der Waals surface area contributed by atoms with Gasteiger partial charge >= 0.3 is 0 Å². The maximum atomic E-state index is 12.8. The molecule has 1 aromatic heterocycles. The van der Waals surface area contributed by atoms with Crippen molar-refractivity contribution in [3.05, 3.63) is 18.0 Å². The second-order valence-corrected chi connectivity index (χ2v) is 5.99. The molecule has 0 aliphatic rings. The van der Waals surface area contributed by atoms with Crippen LogP contribution in [0.2, 0.25) is 0 Å². The quantitative estimate of drug-likeness (QED) is 0.699. The molecular formula is C17H31N3O. The zero-order valence-corrected chi connectivity index (χ0v) is 14.5. The van der Waals surface area contributed by atoms with E-state index in [0.29, 0.717) is 12.5 Å². The number of likely N-dealkylation sites (N-methyl/N-ethyl adjacent to an activating group) is 1. The third-order valence-electron chi connectivity index (χ3n) is 4.87. The molecule has 0 unspecified atom stereocenters. The molecule has 0 fully saturated rings. The van der Waals surface area contributed by atoms with Gasteiger partial charge in [0.1, 0.15) is 0 Å². The Morgan fingerprint density at radius 1 is 1.24 bits per heavy atom. The molecule has 0 bridgehead atoms. The predicted molar refractivity (Wildman–Crippen MR) is 87.6 cm³/mol. The van der Waals surface area contributed by atoms with E-state index in [0.717, 1.165) is 31.4 Å². The molecule has 0 saturated heterocycles. The minimum Gasteiger partial charge on any atom is -0.297 e. The summed E-state index contributed by atoms with van der Waals surface area (Å²) < 4.78 is 2.01.